The number of nitrogens with one attached hydrogen (secondary N) is 1. The van der Waals surface area contributed by atoms with Crippen molar-refractivity contribution in [2.45, 2.75) is 19.8 Å². The molecule has 0 unspecified atom stereocenters. The van der Waals surface area contributed by atoms with Gasteiger partial charge in [0.2, 0.25) is 5.78 Å². The van der Waals surface area contributed by atoms with Gasteiger partial charge in [0.25, 0.3) is 0 Å². The minimum Gasteiger partial charge on any atom is -0.287 e. The molecule has 4 heteroatoms. The summed E-state index contributed by atoms with van der Waals surface area (Å²) in [6.07, 6.45) is 3.50. The number of rotatable bonds is 4. The molecule has 2 rings (SSSR count). The lowest BCUT2D eigenvalue weighted by Gasteiger charge is -2.01. The van der Waals surface area contributed by atoms with Gasteiger partial charge in [0.05, 0.1) is 6.20 Å². The van der Waals surface area contributed by atoms with Crippen LogP contribution >= 0.6 is 0 Å². The fourth-order valence-electron chi connectivity index (χ4n) is 1.62. The van der Waals surface area contributed by atoms with Gasteiger partial charge >= 0.3 is 0 Å². The van der Waals surface area contributed by atoms with E-state index in [-0.39, 0.29) is 5.78 Å². The molecular weight excluding hydrogens is 202 g/mol. The molecule has 16 heavy (non-hydrogen) atoms. The second-order valence-electron chi connectivity index (χ2n) is 3.63. The zero-order valence-corrected chi connectivity index (χ0v) is 9.10. The van der Waals surface area contributed by atoms with Crippen LogP contribution in [0.5, 0.6) is 0 Å². The third kappa shape index (κ3) is 2.16. The number of carbonyl (C=O) groups is 1. The van der Waals surface area contributed by atoms with Crippen LogP contribution in [0.2, 0.25) is 0 Å². The highest BCUT2D eigenvalue weighted by atomic mass is 16.1. The summed E-state index contributed by atoms with van der Waals surface area (Å²) in [5.41, 5.74) is 2.20. The van der Waals surface area contributed by atoms with E-state index in [0.717, 1.165) is 12.8 Å². The number of aryl methyl sites for hydroxylation is 1. The van der Waals surface area contributed by atoms with Gasteiger partial charge in [0.1, 0.15) is 0 Å². The van der Waals surface area contributed by atoms with Crippen LogP contribution in [-0.4, -0.2) is 21.2 Å². The van der Waals surface area contributed by atoms with Gasteiger partial charge in [0.15, 0.2) is 5.69 Å². The molecular formula is C12H13N3O. The van der Waals surface area contributed by atoms with E-state index in [1.165, 1.54) is 11.8 Å². The minimum atomic E-state index is -0.0910. The smallest absolute Gasteiger partial charge is 0.214 e. The molecule has 0 atom stereocenters. The van der Waals surface area contributed by atoms with Crippen molar-refractivity contribution in [3.63, 3.8) is 0 Å². The molecule has 0 radical (unpaired) electrons. The second kappa shape index (κ2) is 4.70. The van der Waals surface area contributed by atoms with Gasteiger partial charge < -0.3 is 0 Å². The molecule has 82 valence electrons. The highest BCUT2D eigenvalue weighted by molar-refractivity contribution is 6.07. The number of aromatic nitrogens is 3. The van der Waals surface area contributed by atoms with Crippen molar-refractivity contribution >= 4 is 5.78 Å². The van der Waals surface area contributed by atoms with Crippen LogP contribution in [0.25, 0.3) is 0 Å². The van der Waals surface area contributed by atoms with E-state index in [1.807, 2.05) is 18.2 Å². The maximum Gasteiger partial charge on any atom is 0.214 e. The van der Waals surface area contributed by atoms with Gasteiger partial charge in [-0.15, -0.1) is 0 Å². The molecule has 0 aliphatic heterocycles. The SMILES string of the molecule is CCCc1cccc(C(=O)c2cn[nH]n2)c1. The topological polar surface area (TPSA) is 58.6 Å². The number of H-pyrrole nitrogens is 1. The second-order valence-corrected chi connectivity index (χ2v) is 3.63. The molecule has 2 aromatic rings. The highest BCUT2D eigenvalue weighted by Gasteiger charge is 2.11. The molecule has 0 bridgehead atoms. The fourth-order valence-corrected chi connectivity index (χ4v) is 1.62. The summed E-state index contributed by atoms with van der Waals surface area (Å²) in [5.74, 6) is -0.0910. The van der Waals surface area contributed by atoms with Gasteiger partial charge in [-0.05, 0) is 18.1 Å². The molecule has 1 aromatic heterocycles. The van der Waals surface area contributed by atoms with Crippen LogP contribution in [0.3, 0.4) is 0 Å². The lowest BCUT2D eigenvalue weighted by Crippen LogP contribution is -2.02. The first-order valence-corrected chi connectivity index (χ1v) is 5.30. The van der Waals surface area contributed by atoms with Crippen molar-refractivity contribution < 1.29 is 4.79 Å². The van der Waals surface area contributed by atoms with E-state index < -0.39 is 0 Å². The Hall–Kier alpha value is -1.97. The van der Waals surface area contributed by atoms with Crippen molar-refractivity contribution in [1.82, 2.24) is 15.4 Å². The van der Waals surface area contributed by atoms with Crippen molar-refractivity contribution in [3.8, 4) is 0 Å². The van der Waals surface area contributed by atoms with Crippen LogP contribution in [0.1, 0.15) is 35.0 Å². The molecule has 4 nitrogen and oxygen atoms in total. The van der Waals surface area contributed by atoms with Crippen molar-refractivity contribution in [1.29, 1.82) is 0 Å². The zero-order chi connectivity index (χ0) is 11.4. The Balaban J connectivity index is 2.27. The van der Waals surface area contributed by atoms with Crippen LogP contribution in [0.4, 0.5) is 0 Å². The lowest BCUT2D eigenvalue weighted by molar-refractivity contribution is 0.103. The van der Waals surface area contributed by atoms with Crippen LogP contribution in [0.15, 0.2) is 30.5 Å². The predicted molar refractivity (Wildman–Crippen MR) is 60.3 cm³/mol. The number of hydrogen-bond acceptors (Lipinski definition) is 3. The molecule has 1 aromatic carbocycles. The van der Waals surface area contributed by atoms with Gasteiger partial charge in [-0.2, -0.15) is 15.4 Å². The molecule has 0 aliphatic rings. The minimum absolute atomic E-state index is 0.0910. The van der Waals surface area contributed by atoms with E-state index in [9.17, 15) is 4.79 Å². The van der Waals surface area contributed by atoms with Crippen molar-refractivity contribution in [3.05, 3.63) is 47.3 Å². The summed E-state index contributed by atoms with van der Waals surface area (Å²) < 4.78 is 0. The number of nitrogens with zero attached hydrogens (tertiary/aromatic N) is 2. The van der Waals surface area contributed by atoms with E-state index in [4.69, 9.17) is 0 Å². The van der Waals surface area contributed by atoms with E-state index in [2.05, 4.69) is 22.3 Å². The number of hydrogen-bond donors (Lipinski definition) is 1. The molecule has 1 N–H and O–H groups in total. The van der Waals surface area contributed by atoms with E-state index in [1.54, 1.807) is 6.07 Å². The number of carbonyl (C=O) groups excluding carboxylic acids is 1. The van der Waals surface area contributed by atoms with Crippen molar-refractivity contribution in [2.75, 3.05) is 0 Å². The van der Waals surface area contributed by atoms with E-state index in [0.29, 0.717) is 11.3 Å². The monoisotopic (exact) mass is 215 g/mol. The third-order valence-electron chi connectivity index (χ3n) is 2.38. The Morgan fingerprint density at radius 3 is 3.00 bits per heavy atom. The summed E-state index contributed by atoms with van der Waals surface area (Å²) in [4.78, 5) is 11.9. The van der Waals surface area contributed by atoms with Gasteiger partial charge in [-0.3, -0.25) is 4.79 Å². The Labute approximate surface area is 93.7 Å². The van der Waals surface area contributed by atoms with Gasteiger partial charge in [-0.25, -0.2) is 0 Å². The maximum atomic E-state index is 11.9. The van der Waals surface area contributed by atoms with E-state index >= 15 is 0 Å². The molecule has 0 fully saturated rings. The standard InChI is InChI=1S/C12H13N3O/c1-2-4-9-5-3-6-10(7-9)12(16)11-8-13-15-14-11/h3,5-8H,2,4H2,1H3,(H,13,14,15). The molecule has 0 saturated carbocycles. The van der Waals surface area contributed by atoms with Crippen LogP contribution < -0.4 is 0 Å². The molecule has 0 amide bonds. The molecule has 1 heterocycles. The summed E-state index contributed by atoms with van der Waals surface area (Å²) in [7, 11) is 0. The van der Waals surface area contributed by atoms with Gasteiger partial charge in [-0.1, -0.05) is 31.5 Å². The normalized spacial score (nSPS) is 10.3. The molecule has 0 saturated heterocycles. The summed E-state index contributed by atoms with van der Waals surface area (Å²) in [6.45, 7) is 2.12. The van der Waals surface area contributed by atoms with Crippen LogP contribution in [0, 0.1) is 0 Å². The third-order valence-corrected chi connectivity index (χ3v) is 2.38. The van der Waals surface area contributed by atoms with Crippen LogP contribution in [-0.2, 0) is 6.42 Å². The number of aromatic amines is 1. The molecule has 0 spiro atoms. The average Bonchev–Trinajstić information content (AvgIpc) is 2.82. The Bertz CT molecular complexity index is 477. The summed E-state index contributed by atoms with van der Waals surface area (Å²) in [5, 5.41) is 9.85. The zero-order valence-electron chi connectivity index (χ0n) is 9.10. The fraction of sp³-hybridized carbons (Fsp3) is 0.250. The first-order valence-electron chi connectivity index (χ1n) is 5.30. The largest absolute Gasteiger partial charge is 0.287 e. The van der Waals surface area contributed by atoms with Crippen molar-refractivity contribution in [2.24, 2.45) is 0 Å². The first kappa shape index (κ1) is 10.5. The van der Waals surface area contributed by atoms with Gasteiger partial charge in [0, 0.05) is 5.56 Å². The Kier molecular flexibility index (Phi) is 3.10. The lowest BCUT2D eigenvalue weighted by atomic mass is 10.0. The maximum absolute atomic E-state index is 11.9. The number of ketones is 1. The summed E-state index contributed by atoms with van der Waals surface area (Å²) >= 11 is 0. The first-order chi connectivity index (χ1) is 7.81. The number of benzene rings is 1. The average molecular weight is 215 g/mol. The summed E-state index contributed by atoms with van der Waals surface area (Å²) in [6, 6.07) is 7.65. The predicted octanol–water partition coefficient (Wildman–Crippen LogP) is 1.99. The quantitative estimate of drug-likeness (QED) is 0.793. The Morgan fingerprint density at radius 2 is 2.31 bits per heavy atom. The Morgan fingerprint density at radius 1 is 1.44 bits per heavy atom. The highest BCUT2D eigenvalue weighted by Crippen LogP contribution is 2.10. The molecule has 0 aliphatic carbocycles.